The molecule has 0 radical (unpaired) electrons. The summed E-state index contributed by atoms with van der Waals surface area (Å²) in [6, 6.07) is 13.6. The van der Waals surface area contributed by atoms with Crippen LogP contribution in [0.25, 0.3) is 6.08 Å². The number of cyclic esters (lactones) is 1. The molecule has 2 aliphatic carbocycles. The first-order valence-corrected chi connectivity index (χ1v) is 18.2. The lowest BCUT2D eigenvalue weighted by molar-refractivity contribution is -0.172. The lowest BCUT2D eigenvalue weighted by Crippen LogP contribution is -2.45. The molecule has 0 bridgehead atoms. The molecule has 2 N–H and O–H groups in total. The van der Waals surface area contributed by atoms with Crippen molar-refractivity contribution in [2.24, 2.45) is 5.41 Å². The van der Waals surface area contributed by atoms with Crippen LogP contribution in [-0.4, -0.2) is 90.0 Å². The molecule has 13 heteroatoms. The molecule has 0 aromatic heterocycles. The highest BCUT2D eigenvalue weighted by molar-refractivity contribution is 5.95. The van der Waals surface area contributed by atoms with E-state index in [0.717, 1.165) is 11.1 Å². The zero-order chi connectivity index (χ0) is 38.8. The first kappa shape index (κ1) is 38.9. The van der Waals surface area contributed by atoms with Crippen molar-refractivity contribution in [3.63, 3.8) is 0 Å². The second-order valence-corrected chi connectivity index (χ2v) is 15.9. The predicted octanol–water partition coefficient (Wildman–Crippen LogP) is 3.93. The topological polar surface area (TPSA) is 173 Å². The average Bonchev–Trinajstić information content (AvgIpc) is 3.75. The largest absolute Gasteiger partial charge is 0.462 e. The molecule has 54 heavy (non-hydrogen) atoms. The number of nitrogens with one attached hydrogen (secondary N) is 1. The predicted molar refractivity (Wildman–Crippen MR) is 192 cm³/mol. The van der Waals surface area contributed by atoms with E-state index < -0.39 is 83.7 Å². The number of hydrogen-bond donors (Lipinski definition) is 2. The van der Waals surface area contributed by atoms with Gasteiger partial charge in [-0.25, -0.2) is 14.4 Å². The molecule has 2 heterocycles. The van der Waals surface area contributed by atoms with Crippen LogP contribution >= 0.6 is 0 Å². The van der Waals surface area contributed by atoms with Crippen molar-refractivity contribution in [3.8, 4) is 0 Å². The summed E-state index contributed by atoms with van der Waals surface area (Å²) in [6.07, 6.45) is 2.26. The Labute approximate surface area is 314 Å². The van der Waals surface area contributed by atoms with Gasteiger partial charge in [0.05, 0.1) is 18.2 Å². The molecule has 2 aromatic rings. The van der Waals surface area contributed by atoms with Crippen LogP contribution in [0.15, 0.2) is 66.3 Å². The molecule has 4 aliphatic rings. The van der Waals surface area contributed by atoms with Crippen molar-refractivity contribution in [1.82, 2.24) is 5.32 Å². The number of fused-ring (bicyclic) bond motifs is 2. The number of aliphatic hydroxyl groups excluding tert-OH is 1. The maximum Gasteiger partial charge on any atom is 0.348 e. The highest BCUT2D eigenvalue weighted by atomic mass is 16.8. The van der Waals surface area contributed by atoms with Gasteiger partial charge in [-0.2, -0.15) is 0 Å². The molecule has 5 atom stereocenters. The van der Waals surface area contributed by atoms with Gasteiger partial charge >= 0.3 is 23.9 Å². The van der Waals surface area contributed by atoms with Crippen molar-refractivity contribution < 1.29 is 57.5 Å². The van der Waals surface area contributed by atoms with E-state index in [1.165, 1.54) is 12.2 Å². The van der Waals surface area contributed by atoms with E-state index in [1.54, 1.807) is 65.0 Å². The van der Waals surface area contributed by atoms with E-state index in [4.69, 9.17) is 28.4 Å². The van der Waals surface area contributed by atoms with Gasteiger partial charge in [-0.05, 0) is 68.2 Å². The van der Waals surface area contributed by atoms with Gasteiger partial charge in [0.15, 0.2) is 5.79 Å². The number of benzene rings is 2. The van der Waals surface area contributed by atoms with Gasteiger partial charge in [-0.15, -0.1) is 0 Å². The lowest BCUT2D eigenvalue weighted by atomic mass is 9.90. The summed E-state index contributed by atoms with van der Waals surface area (Å²) in [5.41, 5.74) is 2.01. The molecule has 1 spiro atoms. The Hall–Kier alpha value is -4.85. The minimum atomic E-state index is -0.999. The maximum atomic E-state index is 13.6. The fourth-order valence-corrected chi connectivity index (χ4v) is 7.03. The van der Waals surface area contributed by atoms with Crippen molar-refractivity contribution in [2.75, 3.05) is 13.2 Å². The van der Waals surface area contributed by atoms with E-state index in [-0.39, 0.29) is 31.4 Å². The third-order valence-corrected chi connectivity index (χ3v) is 9.74. The summed E-state index contributed by atoms with van der Waals surface area (Å²) in [5.74, 6) is -3.85. The Morgan fingerprint density at radius 3 is 2.30 bits per heavy atom. The smallest absolute Gasteiger partial charge is 0.348 e. The SMILES string of the molecule is CC(C)(C)OC(=O)CC[C@@H](CO)NC(=O)C1=C[C@H]2OC3(Cc4ccccc4C3)O[C@H]2[C@H](OC(=O)c2ccc(C=CC(=O)O[C@H]3C(=O)OCC3(C)C)cc2)C1. The third kappa shape index (κ3) is 9.08. The molecular weight excluding hydrogens is 698 g/mol. The van der Waals surface area contributed by atoms with E-state index in [9.17, 15) is 29.1 Å². The Balaban J connectivity index is 1.13. The van der Waals surface area contributed by atoms with Crippen molar-refractivity contribution in [2.45, 2.75) is 109 Å². The van der Waals surface area contributed by atoms with E-state index in [0.29, 0.717) is 24.0 Å². The average molecular weight is 746 g/mol. The molecule has 288 valence electrons. The number of amides is 1. The number of carbonyl (C=O) groups excluding carboxylic acids is 5. The number of carbonyl (C=O) groups is 5. The molecule has 2 saturated heterocycles. The summed E-state index contributed by atoms with van der Waals surface area (Å²) in [5, 5.41) is 12.8. The van der Waals surface area contributed by atoms with Crippen molar-refractivity contribution in [3.05, 3.63) is 88.5 Å². The van der Waals surface area contributed by atoms with Gasteiger partial charge < -0.3 is 38.8 Å². The highest BCUT2D eigenvalue weighted by Crippen LogP contribution is 2.45. The summed E-state index contributed by atoms with van der Waals surface area (Å²) in [6.45, 7) is 8.61. The zero-order valence-electron chi connectivity index (χ0n) is 31.1. The maximum absolute atomic E-state index is 13.6. The van der Waals surface area contributed by atoms with E-state index >= 15 is 0 Å². The van der Waals surface area contributed by atoms with Gasteiger partial charge in [0, 0.05) is 42.7 Å². The Bertz CT molecular complexity index is 1810. The third-order valence-electron chi connectivity index (χ3n) is 9.74. The second kappa shape index (κ2) is 15.5. The first-order chi connectivity index (χ1) is 25.5. The summed E-state index contributed by atoms with van der Waals surface area (Å²) < 4.78 is 34.8. The fourth-order valence-electron chi connectivity index (χ4n) is 7.03. The minimum Gasteiger partial charge on any atom is -0.462 e. The van der Waals surface area contributed by atoms with Gasteiger partial charge in [0.1, 0.15) is 30.5 Å². The quantitative estimate of drug-likeness (QED) is 0.193. The van der Waals surface area contributed by atoms with Crippen LogP contribution in [0, 0.1) is 5.41 Å². The van der Waals surface area contributed by atoms with Crippen LogP contribution in [0.3, 0.4) is 0 Å². The van der Waals surface area contributed by atoms with Gasteiger partial charge in [0.25, 0.3) is 0 Å². The molecule has 2 fully saturated rings. The zero-order valence-corrected chi connectivity index (χ0v) is 31.1. The first-order valence-electron chi connectivity index (χ1n) is 18.2. The van der Waals surface area contributed by atoms with E-state index in [2.05, 4.69) is 5.32 Å². The van der Waals surface area contributed by atoms with Crippen molar-refractivity contribution in [1.29, 1.82) is 0 Å². The number of rotatable bonds is 11. The number of aliphatic hydroxyl groups is 1. The second-order valence-electron chi connectivity index (χ2n) is 15.9. The molecule has 2 aromatic carbocycles. The Kier molecular flexibility index (Phi) is 11.1. The number of hydrogen-bond acceptors (Lipinski definition) is 12. The molecule has 6 rings (SSSR count). The van der Waals surface area contributed by atoms with Crippen LogP contribution < -0.4 is 5.32 Å². The van der Waals surface area contributed by atoms with Crippen LogP contribution in [0.2, 0.25) is 0 Å². The molecule has 13 nitrogen and oxygen atoms in total. The number of ether oxygens (including phenoxy) is 6. The van der Waals surface area contributed by atoms with Crippen LogP contribution in [0.1, 0.15) is 80.9 Å². The normalized spacial score (nSPS) is 24.3. The van der Waals surface area contributed by atoms with Gasteiger partial charge in [-0.1, -0.05) is 50.2 Å². The minimum absolute atomic E-state index is 0.000699. The van der Waals surface area contributed by atoms with Crippen LogP contribution in [-0.2, 0) is 60.4 Å². The van der Waals surface area contributed by atoms with Crippen molar-refractivity contribution >= 4 is 35.9 Å². The van der Waals surface area contributed by atoms with E-state index in [1.807, 2.05) is 24.3 Å². The monoisotopic (exact) mass is 745 g/mol. The standard InChI is InChI=1S/C41H47NO12/c1-39(2,3)53-33(45)17-15-29(22-43)42-36(46)28-18-30(34-31(19-28)52-41(54-34)20-26-8-6-7-9-27(26)21-41)50-37(47)25-13-10-24(11-14-25)12-16-32(44)51-35-38(48)49-23-40(35,4)5/h6-14,16,19,29-31,34-35,43H,15,17-18,20-23H2,1-5H3,(H,42,46)/t29-,30+,31+,34-,35-/m0/s1. The molecule has 1 amide bonds. The number of esters is 4. The van der Waals surface area contributed by atoms with Gasteiger partial charge in [0.2, 0.25) is 12.0 Å². The summed E-state index contributed by atoms with van der Waals surface area (Å²) >= 11 is 0. The Morgan fingerprint density at radius 2 is 1.69 bits per heavy atom. The van der Waals surface area contributed by atoms with Crippen LogP contribution in [0.4, 0.5) is 0 Å². The fraction of sp³-hybridized carbons (Fsp3) is 0.488. The van der Waals surface area contributed by atoms with Gasteiger partial charge in [-0.3, -0.25) is 9.59 Å². The van der Waals surface area contributed by atoms with Crippen LogP contribution in [0.5, 0.6) is 0 Å². The Morgan fingerprint density at radius 1 is 1.00 bits per heavy atom. The molecule has 0 saturated carbocycles. The molecule has 0 unspecified atom stereocenters. The molecular formula is C41H47NO12. The summed E-state index contributed by atoms with van der Waals surface area (Å²) in [4.78, 5) is 63.8. The summed E-state index contributed by atoms with van der Waals surface area (Å²) in [7, 11) is 0. The lowest BCUT2D eigenvalue weighted by Gasteiger charge is -2.31. The molecule has 2 aliphatic heterocycles. The highest BCUT2D eigenvalue weighted by Gasteiger charge is 2.55.